The predicted molar refractivity (Wildman–Crippen MR) is 91.4 cm³/mol. The first-order chi connectivity index (χ1) is 10.2. The van der Waals surface area contributed by atoms with Gasteiger partial charge in [-0.2, -0.15) is 0 Å². The molecule has 0 saturated carbocycles. The average Bonchev–Trinajstić information content (AvgIpc) is 2.89. The van der Waals surface area contributed by atoms with Crippen LogP contribution in [0.3, 0.4) is 0 Å². The SMILES string of the molecule is O[C@H]1CCCN[C@@H]1CCCn1cnc2ccc(Br)c(Br)c21. The molecule has 2 aromatic rings. The van der Waals surface area contributed by atoms with Crippen LogP contribution in [-0.2, 0) is 6.54 Å². The van der Waals surface area contributed by atoms with Gasteiger partial charge < -0.3 is 15.0 Å². The van der Waals surface area contributed by atoms with E-state index in [0.29, 0.717) is 0 Å². The Morgan fingerprint density at radius 3 is 3.05 bits per heavy atom. The molecule has 2 atom stereocenters. The van der Waals surface area contributed by atoms with Crippen LogP contribution in [0.5, 0.6) is 0 Å². The van der Waals surface area contributed by atoms with Crippen LogP contribution in [0.4, 0.5) is 0 Å². The van der Waals surface area contributed by atoms with Gasteiger partial charge in [0.2, 0.25) is 0 Å². The highest BCUT2D eigenvalue weighted by molar-refractivity contribution is 9.13. The second kappa shape index (κ2) is 6.77. The highest BCUT2D eigenvalue weighted by Crippen LogP contribution is 2.31. The van der Waals surface area contributed by atoms with Gasteiger partial charge in [0.15, 0.2) is 0 Å². The molecule has 1 fully saturated rings. The summed E-state index contributed by atoms with van der Waals surface area (Å²) in [4.78, 5) is 4.45. The molecule has 0 aliphatic carbocycles. The van der Waals surface area contributed by atoms with E-state index in [1.165, 1.54) is 0 Å². The fourth-order valence-corrected chi connectivity index (χ4v) is 3.86. The van der Waals surface area contributed by atoms with Crippen LogP contribution in [-0.4, -0.2) is 33.3 Å². The Bertz CT molecular complexity index is 629. The van der Waals surface area contributed by atoms with Crippen molar-refractivity contribution >= 4 is 42.9 Å². The first-order valence-corrected chi connectivity index (χ1v) is 8.95. The number of aliphatic hydroxyl groups excluding tert-OH is 1. The Hall–Kier alpha value is -0.430. The summed E-state index contributed by atoms with van der Waals surface area (Å²) in [6.45, 7) is 1.94. The molecule has 0 spiro atoms. The zero-order valence-electron chi connectivity index (χ0n) is 11.7. The van der Waals surface area contributed by atoms with Crippen molar-refractivity contribution in [3.05, 3.63) is 27.4 Å². The standard InChI is InChI=1S/C15H19Br2N3O/c16-10-5-6-12-15(14(10)17)20(9-19-12)8-2-3-11-13(21)4-1-7-18-11/h5-6,9,11,13,18,21H,1-4,7-8H2/t11-,13+/m1/s1. The average molecular weight is 417 g/mol. The highest BCUT2D eigenvalue weighted by atomic mass is 79.9. The van der Waals surface area contributed by atoms with Crippen molar-refractivity contribution in [2.45, 2.75) is 44.4 Å². The summed E-state index contributed by atoms with van der Waals surface area (Å²) in [6, 6.07) is 4.27. The van der Waals surface area contributed by atoms with Crippen LogP contribution in [0.25, 0.3) is 11.0 Å². The van der Waals surface area contributed by atoms with Crippen LogP contribution < -0.4 is 5.32 Å². The van der Waals surface area contributed by atoms with E-state index in [1.807, 2.05) is 18.5 Å². The van der Waals surface area contributed by atoms with Gasteiger partial charge in [-0.15, -0.1) is 0 Å². The number of hydrogen-bond donors (Lipinski definition) is 2. The molecule has 0 unspecified atom stereocenters. The van der Waals surface area contributed by atoms with E-state index in [2.05, 4.69) is 46.7 Å². The van der Waals surface area contributed by atoms with Gasteiger partial charge in [0, 0.05) is 17.1 Å². The number of nitrogens with zero attached hydrogens (tertiary/aromatic N) is 2. The van der Waals surface area contributed by atoms with E-state index in [9.17, 15) is 5.11 Å². The van der Waals surface area contributed by atoms with Gasteiger partial charge in [-0.05, 0) is 76.2 Å². The zero-order valence-corrected chi connectivity index (χ0v) is 14.9. The molecular formula is C15H19Br2N3O. The molecule has 4 nitrogen and oxygen atoms in total. The van der Waals surface area contributed by atoms with Crippen LogP contribution in [0, 0.1) is 0 Å². The van der Waals surface area contributed by atoms with Gasteiger partial charge in [-0.1, -0.05) is 0 Å². The number of fused-ring (bicyclic) bond motifs is 1. The maximum Gasteiger partial charge on any atom is 0.0958 e. The van der Waals surface area contributed by atoms with Gasteiger partial charge in [-0.3, -0.25) is 0 Å². The van der Waals surface area contributed by atoms with Crippen molar-refractivity contribution < 1.29 is 5.11 Å². The smallest absolute Gasteiger partial charge is 0.0958 e. The predicted octanol–water partition coefficient (Wildman–Crippen LogP) is 3.45. The van der Waals surface area contributed by atoms with E-state index in [4.69, 9.17) is 0 Å². The van der Waals surface area contributed by atoms with Crippen LogP contribution in [0.15, 0.2) is 27.4 Å². The number of nitrogens with one attached hydrogen (secondary N) is 1. The number of aliphatic hydroxyl groups is 1. The Balaban J connectivity index is 1.67. The quantitative estimate of drug-likeness (QED) is 0.802. The summed E-state index contributed by atoms with van der Waals surface area (Å²) in [5.41, 5.74) is 2.13. The summed E-state index contributed by atoms with van der Waals surface area (Å²) in [7, 11) is 0. The molecular weight excluding hydrogens is 398 g/mol. The van der Waals surface area contributed by atoms with Gasteiger partial charge in [0.05, 0.1) is 27.9 Å². The zero-order chi connectivity index (χ0) is 14.8. The second-order valence-corrected chi connectivity index (χ2v) is 7.23. The lowest BCUT2D eigenvalue weighted by molar-refractivity contribution is 0.0909. The lowest BCUT2D eigenvalue weighted by Crippen LogP contribution is -2.44. The Morgan fingerprint density at radius 2 is 2.24 bits per heavy atom. The summed E-state index contributed by atoms with van der Waals surface area (Å²) >= 11 is 7.17. The summed E-state index contributed by atoms with van der Waals surface area (Å²) in [5.74, 6) is 0. The van der Waals surface area contributed by atoms with Crippen molar-refractivity contribution in [1.82, 2.24) is 14.9 Å². The maximum absolute atomic E-state index is 9.98. The highest BCUT2D eigenvalue weighted by Gasteiger charge is 2.21. The third kappa shape index (κ3) is 3.33. The van der Waals surface area contributed by atoms with Gasteiger partial charge >= 0.3 is 0 Å². The van der Waals surface area contributed by atoms with Crippen molar-refractivity contribution in [2.75, 3.05) is 6.54 Å². The molecule has 0 bridgehead atoms. The molecule has 0 radical (unpaired) electrons. The third-order valence-electron chi connectivity index (χ3n) is 4.13. The van der Waals surface area contributed by atoms with E-state index in [1.54, 1.807) is 0 Å². The normalized spacial score (nSPS) is 22.8. The van der Waals surface area contributed by atoms with Crippen LogP contribution >= 0.6 is 31.9 Å². The van der Waals surface area contributed by atoms with Gasteiger partial charge in [0.1, 0.15) is 0 Å². The maximum atomic E-state index is 9.98. The first-order valence-electron chi connectivity index (χ1n) is 7.37. The fraction of sp³-hybridized carbons (Fsp3) is 0.533. The second-order valence-electron chi connectivity index (χ2n) is 5.58. The molecule has 1 aliphatic heterocycles. The van der Waals surface area contributed by atoms with Crippen molar-refractivity contribution in [3.63, 3.8) is 0 Å². The van der Waals surface area contributed by atoms with E-state index < -0.39 is 0 Å². The number of halogens is 2. The molecule has 21 heavy (non-hydrogen) atoms. The summed E-state index contributed by atoms with van der Waals surface area (Å²) in [6.07, 6.45) is 5.71. The van der Waals surface area contributed by atoms with Crippen LogP contribution in [0.2, 0.25) is 0 Å². The largest absolute Gasteiger partial charge is 0.392 e. The van der Waals surface area contributed by atoms with Crippen molar-refractivity contribution in [1.29, 1.82) is 0 Å². The summed E-state index contributed by atoms with van der Waals surface area (Å²) in [5, 5.41) is 13.4. The number of benzene rings is 1. The molecule has 2 N–H and O–H groups in total. The van der Waals surface area contributed by atoms with Gasteiger partial charge in [0.25, 0.3) is 0 Å². The van der Waals surface area contributed by atoms with E-state index in [-0.39, 0.29) is 12.1 Å². The lowest BCUT2D eigenvalue weighted by Gasteiger charge is -2.29. The molecule has 3 rings (SSSR count). The molecule has 2 heterocycles. The molecule has 1 aromatic carbocycles. The minimum absolute atomic E-state index is 0.195. The molecule has 6 heteroatoms. The molecule has 114 valence electrons. The lowest BCUT2D eigenvalue weighted by atomic mass is 9.97. The monoisotopic (exact) mass is 415 g/mol. The fourth-order valence-electron chi connectivity index (χ4n) is 2.98. The Labute approximate surface area is 141 Å². The summed E-state index contributed by atoms with van der Waals surface area (Å²) < 4.78 is 4.27. The number of imidazole rings is 1. The van der Waals surface area contributed by atoms with Gasteiger partial charge in [-0.25, -0.2) is 4.98 Å². The van der Waals surface area contributed by atoms with Crippen molar-refractivity contribution in [3.8, 4) is 0 Å². The van der Waals surface area contributed by atoms with Crippen LogP contribution in [0.1, 0.15) is 25.7 Å². The topological polar surface area (TPSA) is 50.1 Å². The van der Waals surface area contributed by atoms with Crippen molar-refractivity contribution in [2.24, 2.45) is 0 Å². The number of aromatic nitrogens is 2. The number of aryl methyl sites for hydroxylation is 1. The minimum atomic E-state index is -0.195. The van der Waals surface area contributed by atoms with E-state index >= 15 is 0 Å². The minimum Gasteiger partial charge on any atom is -0.392 e. The molecule has 0 amide bonds. The first kappa shape index (κ1) is 15.5. The molecule has 1 saturated heterocycles. The number of rotatable bonds is 4. The number of hydrogen-bond acceptors (Lipinski definition) is 3. The third-order valence-corrected chi connectivity index (χ3v) is 6.13. The Kier molecular flexibility index (Phi) is 4.99. The number of piperidine rings is 1. The Morgan fingerprint density at radius 1 is 1.38 bits per heavy atom. The van der Waals surface area contributed by atoms with E-state index in [0.717, 1.165) is 58.8 Å². The molecule has 1 aliphatic rings. The molecule has 1 aromatic heterocycles.